The maximum Gasteiger partial charge on any atom is 0.271 e. The molecule has 0 unspecified atom stereocenters. The molecule has 124 valence electrons. The smallest absolute Gasteiger partial charge is 0.271 e. The van der Waals surface area contributed by atoms with Crippen molar-refractivity contribution < 1.29 is 4.79 Å². The van der Waals surface area contributed by atoms with Crippen LogP contribution in [0.5, 0.6) is 0 Å². The fourth-order valence-electron chi connectivity index (χ4n) is 3.44. The summed E-state index contributed by atoms with van der Waals surface area (Å²) < 4.78 is 3.17. The van der Waals surface area contributed by atoms with Gasteiger partial charge in [0.2, 0.25) is 0 Å². The molecule has 1 atom stereocenters. The molecule has 5 heteroatoms. The lowest BCUT2D eigenvalue weighted by Crippen LogP contribution is -2.39. The van der Waals surface area contributed by atoms with Crippen molar-refractivity contribution in [1.82, 2.24) is 14.5 Å². The molecular weight excluding hydrogens is 318 g/mol. The Kier molecular flexibility index (Phi) is 3.88. The van der Waals surface area contributed by atoms with Crippen LogP contribution in [0, 0.1) is 6.92 Å². The molecule has 24 heavy (non-hydrogen) atoms. The lowest BCUT2D eigenvalue weighted by atomic mass is 10.0. The second-order valence-electron chi connectivity index (χ2n) is 6.45. The molecule has 1 saturated heterocycles. The van der Waals surface area contributed by atoms with E-state index in [0.29, 0.717) is 0 Å². The summed E-state index contributed by atoms with van der Waals surface area (Å²) in [5, 5.41) is 1.06. The van der Waals surface area contributed by atoms with Crippen molar-refractivity contribution in [2.24, 2.45) is 7.05 Å². The Morgan fingerprint density at radius 2 is 2.04 bits per heavy atom. The van der Waals surface area contributed by atoms with Crippen LogP contribution in [0.2, 0.25) is 0 Å². The fourth-order valence-corrected chi connectivity index (χ4v) is 4.55. The van der Waals surface area contributed by atoms with Crippen LogP contribution in [0.4, 0.5) is 0 Å². The molecule has 2 aromatic heterocycles. The Labute approximate surface area is 145 Å². The number of fused-ring (bicyclic) bond motifs is 1. The second kappa shape index (κ2) is 6.06. The Balaban J connectivity index is 1.70. The van der Waals surface area contributed by atoms with E-state index >= 15 is 0 Å². The van der Waals surface area contributed by atoms with Crippen LogP contribution < -0.4 is 0 Å². The number of carbonyl (C=O) groups excluding carboxylic acids is 1. The number of likely N-dealkylation sites (tertiary alicyclic amines) is 1. The lowest BCUT2D eigenvalue weighted by molar-refractivity contribution is 0.0601. The average molecular weight is 339 g/mol. The van der Waals surface area contributed by atoms with Crippen molar-refractivity contribution >= 4 is 27.5 Å². The average Bonchev–Trinajstić information content (AvgIpc) is 3.18. The first-order valence-corrected chi connectivity index (χ1v) is 9.25. The molecule has 0 radical (unpaired) electrons. The summed E-state index contributed by atoms with van der Waals surface area (Å²) in [6, 6.07) is 12.2. The largest absolute Gasteiger partial charge is 0.344 e. The molecule has 0 aliphatic carbocycles. The molecule has 1 aliphatic rings. The maximum absolute atomic E-state index is 13.1. The molecule has 0 saturated carbocycles. The van der Waals surface area contributed by atoms with Crippen LogP contribution in [0.1, 0.15) is 46.5 Å². The van der Waals surface area contributed by atoms with Gasteiger partial charge in [0.15, 0.2) is 0 Å². The standard InChI is InChI=1S/C19H21N3OS/c1-13-10-11-16(21(13)2)19(23)22-12-6-5-8-15(22)18-20-14-7-3-4-9-17(14)24-18/h3-4,7,9-11,15H,5-6,8,12H2,1-2H3/t15-/m0/s1. The molecule has 3 aromatic rings. The molecule has 1 aromatic carbocycles. The number of hydrogen-bond donors (Lipinski definition) is 0. The van der Waals surface area contributed by atoms with Gasteiger partial charge in [-0.1, -0.05) is 12.1 Å². The van der Waals surface area contributed by atoms with E-state index in [2.05, 4.69) is 6.07 Å². The van der Waals surface area contributed by atoms with E-state index in [0.717, 1.165) is 47.7 Å². The Hall–Kier alpha value is -2.14. The van der Waals surface area contributed by atoms with Crippen LogP contribution >= 0.6 is 11.3 Å². The quantitative estimate of drug-likeness (QED) is 0.698. The zero-order valence-corrected chi connectivity index (χ0v) is 14.8. The van der Waals surface area contributed by atoms with Gasteiger partial charge in [-0.2, -0.15) is 0 Å². The molecule has 0 N–H and O–H groups in total. The van der Waals surface area contributed by atoms with Gasteiger partial charge in [0.1, 0.15) is 10.7 Å². The predicted octanol–water partition coefficient (Wildman–Crippen LogP) is 4.31. The van der Waals surface area contributed by atoms with Crippen LogP contribution in [-0.2, 0) is 7.05 Å². The van der Waals surface area contributed by atoms with Crippen LogP contribution in [0.15, 0.2) is 36.4 Å². The third-order valence-electron chi connectivity index (χ3n) is 4.95. The Morgan fingerprint density at radius 3 is 2.79 bits per heavy atom. The van der Waals surface area contributed by atoms with Crippen molar-refractivity contribution in [2.45, 2.75) is 32.2 Å². The molecule has 4 nitrogen and oxygen atoms in total. The first-order valence-electron chi connectivity index (χ1n) is 8.44. The molecule has 1 amide bonds. The van der Waals surface area contributed by atoms with E-state index in [1.54, 1.807) is 11.3 Å². The lowest BCUT2D eigenvalue weighted by Gasteiger charge is -2.34. The summed E-state index contributed by atoms with van der Waals surface area (Å²) in [7, 11) is 1.96. The number of rotatable bonds is 2. The number of carbonyl (C=O) groups is 1. The van der Waals surface area contributed by atoms with Crippen molar-refractivity contribution in [3.63, 3.8) is 0 Å². The van der Waals surface area contributed by atoms with Gasteiger partial charge in [0.05, 0.1) is 16.3 Å². The first kappa shape index (κ1) is 15.4. The van der Waals surface area contributed by atoms with Gasteiger partial charge >= 0.3 is 0 Å². The Bertz CT molecular complexity index is 862. The minimum absolute atomic E-state index is 0.0962. The molecule has 1 aliphatic heterocycles. The maximum atomic E-state index is 13.1. The minimum Gasteiger partial charge on any atom is -0.344 e. The molecule has 1 fully saturated rings. The van der Waals surface area contributed by atoms with Gasteiger partial charge in [0.25, 0.3) is 5.91 Å². The van der Waals surface area contributed by atoms with Crippen LogP contribution in [0.3, 0.4) is 0 Å². The summed E-state index contributed by atoms with van der Waals surface area (Å²) in [6.45, 7) is 2.83. The number of nitrogens with zero attached hydrogens (tertiary/aromatic N) is 3. The molecule has 4 rings (SSSR count). The molecule has 3 heterocycles. The number of para-hydroxylation sites is 1. The monoisotopic (exact) mass is 339 g/mol. The highest BCUT2D eigenvalue weighted by molar-refractivity contribution is 7.18. The number of amides is 1. The predicted molar refractivity (Wildman–Crippen MR) is 97.4 cm³/mol. The summed E-state index contributed by atoms with van der Waals surface area (Å²) in [5.41, 5.74) is 2.90. The van der Waals surface area contributed by atoms with E-state index in [-0.39, 0.29) is 11.9 Å². The summed E-state index contributed by atoms with van der Waals surface area (Å²) in [4.78, 5) is 19.9. The number of benzene rings is 1. The van der Waals surface area contributed by atoms with E-state index in [9.17, 15) is 4.79 Å². The van der Waals surface area contributed by atoms with Crippen molar-refractivity contribution in [1.29, 1.82) is 0 Å². The summed E-state index contributed by atoms with van der Waals surface area (Å²) in [6.07, 6.45) is 3.21. The molecular formula is C19H21N3OS. The Morgan fingerprint density at radius 1 is 1.21 bits per heavy atom. The minimum atomic E-state index is 0.0962. The zero-order chi connectivity index (χ0) is 16.7. The molecule has 0 spiro atoms. The zero-order valence-electron chi connectivity index (χ0n) is 14.0. The van der Waals surface area contributed by atoms with Gasteiger partial charge < -0.3 is 9.47 Å². The highest BCUT2D eigenvalue weighted by Crippen LogP contribution is 2.36. The normalized spacial score (nSPS) is 18.2. The third-order valence-corrected chi connectivity index (χ3v) is 6.09. The van der Waals surface area contributed by atoms with Crippen LogP contribution in [-0.4, -0.2) is 26.9 Å². The SMILES string of the molecule is Cc1ccc(C(=O)N2CCCC[C@H]2c2nc3ccccc3s2)n1C. The number of piperidine rings is 1. The van der Waals surface area contributed by atoms with Gasteiger partial charge in [-0.3, -0.25) is 4.79 Å². The summed E-state index contributed by atoms with van der Waals surface area (Å²) >= 11 is 1.72. The van der Waals surface area contributed by atoms with Crippen LogP contribution in [0.25, 0.3) is 10.2 Å². The second-order valence-corrected chi connectivity index (χ2v) is 7.51. The fraction of sp³-hybridized carbons (Fsp3) is 0.368. The topological polar surface area (TPSA) is 38.1 Å². The number of aromatic nitrogens is 2. The van der Waals surface area contributed by atoms with Crippen molar-refractivity contribution in [3.8, 4) is 0 Å². The van der Waals surface area contributed by atoms with E-state index < -0.39 is 0 Å². The molecule has 0 bridgehead atoms. The van der Waals surface area contributed by atoms with E-state index in [1.165, 1.54) is 4.70 Å². The highest BCUT2D eigenvalue weighted by atomic mass is 32.1. The van der Waals surface area contributed by atoms with Crippen molar-refractivity contribution in [3.05, 3.63) is 52.8 Å². The van der Waals surface area contributed by atoms with Gasteiger partial charge in [-0.25, -0.2) is 4.98 Å². The first-order chi connectivity index (χ1) is 11.6. The summed E-state index contributed by atoms with van der Waals surface area (Å²) in [5.74, 6) is 0.120. The highest BCUT2D eigenvalue weighted by Gasteiger charge is 2.32. The van der Waals surface area contributed by atoms with Crippen molar-refractivity contribution in [2.75, 3.05) is 6.54 Å². The van der Waals surface area contributed by atoms with Gasteiger partial charge in [-0.05, 0) is 50.5 Å². The van der Waals surface area contributed by atoms with Gasteiger partial charge in [0, 0.05) is 19.3 Å². The number of hydrogen-bond acceptors (Lipinski definition) is 3. The van der Waals surface area contributed by atoms with E-state index in [4.69, 9.17) is 4.98 Å². The van der Waals surface area contributed by atoms with Gasteiger partial charge in [-0.15, -0.1) is 11.3 Å². The third kappa shape index (κ3) is 2.53. The number of aryl methyl sites for hydroxylation is 1. The number of thiazole rings is 1. The van der Waals surface area contributed by atoms with E-state index in [1.807, 2.05) is 53.8 Å².